The van der Waals surface area contributed by atoms with Crippen LogP contribution in [0, 0.1) is 0 Å². The summed E-state index contributed by atoms with van der Waals surface area (Å²) in [6.07, 6.45) is 6.03. The van der Waals surface area contributed by atoms with Crippen LogP contribution in [-0.4, -0.2) is 80.3 Å². The van der Waals surface area contributed by atoms with E-state index in [4.69, 9.17) is 18.9 Å². The van der Waals surface area contributed by atoms with Crippen LogP contribution in [-0.2, 0) is 0 Å². The standard InChI is InChI=1S/C23H31N3O5S/c1-28-19-14-16(15-20(29-2)21(19)30-3)22(27)26-9-4-17(5-10-26)25-11-6-18(7-12-25)31-23-24-8-13-32-23/h8,13-15,17-18H,4-7,9-12H2,1-3H3. The van der Waals surface area contributed by atoms with Gasteiger partial charge in [0.05, 0.1) is 21.3 Å². The molecule has 3 heterocycles. The Hall–Kier alpha value is -2.52. The van der Waals surface area contributed by atoms with Crippen molar-refractivity contribution in [3.63, 3.8) is 0 Å². The lowest BCUT2D eigenvalue weighted by atomic mass is 9.98. The van der Waals surface area contributed by atoms with Crippen LogP contribution in [0.5, 0.6) is 22.4 Å². The first-order valence-electron chi connectivity index (χ1n) is 11.0. The third-order valence-corrected chi connectivity index (χ3v) is 6.99. The van der Waals surface area contributed by atoms with Crippen molar-refractivity contribution in [3.8, 4) is 22.4 Å². The number of methoxy groups -OCH3 is 3. The van der Waals surface area contributed by atoms with Crippen molar-refractivity contribution < 1.29 is 23.7 Å². The van der Waals surface area contributed by atoms with Gasteiger partial charge < -0.3 is 23.8 Å². The summed E-state index contributed by atoms with van der Waals surface area (Å²) in [7, 11) is 4.67. The van der Waals surface area contributed by atoms with E-state index in [1.807, 2.05) is 10.3 Å². The summed E-state index contributed by atoms with van der Waals surface area (Å²) in [5.41, 5.74) is 0.554. The maximum atomic E-state index is 13.2. The average molecular weight is 462 g/mol. The molecule has 8 nitrogen and oxygen atoms in total. The molecule has 1 aromatic heterocycles. The van der Waals surface area contributed by atoms with Gasteiger partial charge in [-0.05, 0) is 37.8 Å². The number of ether oxygens (including phenoxy) is 4. The molecule has 0 spiro atoms. The zero-order valence-electron chi connectivity index (χ0n) is 18.9. The number of nitrogens with zero attached hydrogens (tertiary/aromatic N) is 3. The predicted molar refractivity (Wildman–Crippen MR) is 122 cm³/mol. The van der Waals surface area contributed by atoms with Gasteiger partial charge in [-0.15, -0.1) is 0 Å². The molecule has 0 aliphatic carbocycles. The Morgan fingerprint density at radius 3 is 2.16 bits per heavy atom. The quantitative estimate of drug-likeness (QED) is 0.626. The van der Waals surface area contributed by atoms with E-state index in [0.717, 1.165) is 57.1 Å². The molecule has 0 saturated carbocycles. The molecule has 9 heteroatoms. The molecular formula is C23H31N3O5S. The van der Waals surface area contributed by atoms with Crippen molar-refractivity contribution in [1.82, 2.24) is 14.8 Å². The number of thiazole rings is 1. The lowest BCUT2D eigenvalue weighted by Crippen LogP contribution is -2.50. The summed E-state index contributed by atoms with van der Waals surface area (Å²) in [4.78, 5) is 21.9. The minimum atomic E-state index is -0.00161. The zero-order valence-corrected chi connectivity index (χ0v) is 19.7. The molecule has 2 aliphatic heterocycles. The lowest BCUT2D eigenvalue weighted by molar-refractivity contribution is 0.0424. The van der Waals surface area contributed by atoms with E-state index >= 15 is 0 Å². The molecule has 1 amide bonds. The molecule has 2 fully saturated rings. The largest absolute Gasteiger partial charge is 0.493 e. The van der Waals surface area contributed by atoms with Crippen LogP contribution < -0.4 is 18.9 Å². The number of piperidine rings is 2. The molecule has 2 aromatic rings. The number of rotatable bonds is 7. The second-order valence-corrected chi connectivity index (χ2v) is 8.95. The van der Waals surface area contributed by atoms with Crippen LogP contribution in [0.15, 0.2) is 23.7 Å². The van der Waals surface area contributed by atoms with Gasteiger partial charge in [0.2, 0.25) is 5.75 Å². The Morgan fingerprint density at radius 1 is 0.969 bits per heavy atom. The van der Waals surface area contributed by atoms with Gasteiger partial charge in [0, 0.05) is 49.4 Å². The fourth-order valence-electron chi connectivity index (χ4n) is 4.59. The number of carbonyl (C=O) groups is 1. The number of benzene rings is 1. The Balaban J connectivity index is 1.31. The highest BCUT2D eigenvalue weighted by atomic mass is 32.1. The molecule has 0 radical (unpaired) electrons. The smallest absolute Gasteiger partial charge is 0.273 e. The van der Waals surface area contributed by atoms with Crippen LogP contribution in [0.3, 0.4) is 0 Å². The maximum Gasteiger partial charge on any atom is 0.273 e. The zero-order chi connectivity index (χ0) is 22.5. The number of carbonyl (C=O) groups excluding carboxylic acids is 1. The van der Waals surface area contributed by atoms with E-state index in [1.165, 1.54) is 0 Å². The van der Waals surface area contributed by atoms with Crippen LogP contribution in [0.25, 0.3) is 0 Å². The van der Waals surface area contributed by atoms with E-state index < -0.39 is 0 Å². The minimum absolute atomic E-state index is 0.00161. The molecule has 2 saturated heterocycles. The van der Waals surface area contributed by atoms with E-state index in [-0.39, 0.29) is 12.0 Å². The van der Waals surface area contributed by atoms with Gasteiger partial charge in [0.25, 0.3) is 11.1 Å². The summed E-state index contributed by atoms with van der Waals surface area (Å²) in [5, 5.41) is 2.71. The molecule has 4 rings (SSSR count). The van der Waals surface area contributed by atoms with Crippen molar-refractivity contribution in [1.29, 1.82) is 0 Å². The molecule has 2 aliphatic rings. The summed E-state index contributed by atoms with van der Waals surface area (Å²) in [6.45, 7) is 3.55. The van der Waals surface area contributed by atoms with E-state index in [0.29, 0.717) is 28.9 Å². The van der Waals surface area contributed by atoms with Crippen molar-refractivity contribution in [2.45, 2.75) is 37.8 Å². The maximum absolute atomic E-state index is 13.2. The van der Waals surface area contributed by atoms with Crippen LogP contribution in [0.4, 0.5) is 0 Å². The van der Waals surface area contributed by atoms with Crippen molar-refractivity contribution in [3.05, 3.63) is 29.3 Å². The van der Waals surface area contributed by atoms with Gasteiger partial charge in [-0.3, -0.25) is 9.69 Å². The normalized spacial score (nSPS) is 18.4. The highest BCUT2D eigenvalue weighted by molar-refractivity contribution is 7.11. The van der Waals surface area contributed by atoms with Gasteiger partial charge in [-0.2, -0.15) is 0 Å². The van der Waals surface area contributed by atoms with E-state index in [2.05, 4.69) is 9.88 Å². The Bertz CT molecular complexity index is 866. The Kier molecular flexibility index (Phi) is 7.36. The second kappa shape index (κ2) is 10.4. The van der Waals surface area contributed by atoms with Gasteiger partial charge >= 0.3 is 0 Å². The van der Waals surface area contributed by atoms with Crippen LogP contribution in [0.1, 0.15) is 36.0 Å². The number of hydrogen-bond donors (Lipinski definition) is 0. The predicted octanol–water partition coefficient (Wildman–Crippen LogP) is 3.32. The highest BCUT2D eigenvalue weighted by Crippen LogP contribution is 2.38. The molecule has 0 bridgehead atoms. The third-order valence-electron chi connectivity index (χ3n) is 6.33. The summed E-state index contributed by atoms with van der Waals surface area (Å²) >= 11 is 1.55. The molecule has 0 atom stereocenters. The monoisotopic (exact) mass is 461 g/mol. The fraction of sp³-hybridized carbons (Fsp3) is 0.565. The SMILES string of the molecule is COc1cc(C(=O)N2CCC(N3CCC(Oc4nccs4)CC3)CC2)cc(OC)c1OC. The topological polar surface area (TPSA) is 73.4 Å². The first kappa shape index (κ1) is 22.7. The van der Waals surface area contributed by atoms with Gasteiger partial charge in [0.1, 0.15) is 6.10 Å². The molecular weight excluding hydrogens is 430 g/mol. The minimum Gasteiger partial charge on any atom is -0.493 e. The fourth-order valence-corrected chi connectivity index (χ4v) is 5.14. The van der Waals surface area contributed by atoms with Crippen LogP contribution >= 0.6 is 11.3 Å². The first-order chi connectivity index (χ1) is 15.6. The van der Waals surface area contributed by atoms with E-state index in [9.17, 15) is 4.79 Å². The first-order valence-corrected chi connectivity index (χ1v) is 11.9. The molecule has 32 heavy (non-hydrogen) atoms. The van der Waals surface area contributed by atoms with Gasteiger partial charge in [0.15, 0.2) is 11.5 Å². The summed E-state index contributed by atoms with van der Waals surface area (Å²) in [5.74, 6) is 1.48. The summed E-state index contributed by atoms with van der Waals surface area (Å²) in [6, 6.07) is 3.96. The number of hydrogen-bond acceptors (Lipinski definition) is 8. The number of amides is 1. The Morgan fingerprint density at radius 2 is 1.62 bits per heavy atom. The third kappa shape index (κ3) is 4.94. The van der Waals surface area contributed by atoms with Gasteiger partial charge in [-0.25, -0.2) is 4.98 Å². The molecule has 0 unspecified atom stereocenters. The number of aromatic nitrogens is 1. The molecule has 1 aromatic carbocycles. The second-order valence-electron chi connectivity index (χ2n) is 8.09. The highest BCUT2D eigenvalue weighted by Gasteiger charge is 2.31. The molecule has 0 N–H and O–H groups in total. The van der Waals surface area contributed by atoms with Gasteiger partial charge in [-0.1, -0.05) is 11.3 Å². The lowest BCUT2D eigenvalue weighted by Gasteiger charge is -2.41. The van der Waals surface area contributed by atoms with Crippen molar-refractivity contribution in [2.75, 3.05) is 47.5 Å². The number of likely N-dealkylation sites (tertiary alicyclic amines) is 2. The molecule has 174 valence electrons. The van der Waals surface area contributed by atoms with Crippen LogP contribution in [0.2, 0.25) is 0 Å². The Labute approximate surface area is 193 Å². The van der Waals surface area contributed by atoms with Crippen molar-refractivity contribution in [2.24, 2.45) is 0 Å². The average Bonchev–Trinajstić information content (AvgIpc) is 3.36. The van der Waals surface area contributed by atoms with E-state index in [1.54, 1.807) is 51.0 Å². The summed E-state index contributed by atoms with van der Waals surface area (Å²) < 4.78 is 22.1. The van der Waals surface area contributed by atoms with Crippen molar-refractivity contribution >= 4 is 17.2 Å².